The largest absolute Gasteiger partial charge is 0.467 e. The van der Waals surface area contributed by atoms with Crippen molar-refractivity contribution < 1.29 is 14.6 Å². The summed E-state index contributed by atoms with van der Waals surface area (Å²) in [6.45, 7) is 2.29. The van der Waals surface area contributed by atoms with Crippen LogP contribution >= 0.6 is 0 Å². The number of hydrogen-bond donors (Lipinski definition) is 1. The lowest BCUT2D eigenvalue weighted by molar-refractivity contribution is -0.150. The molecule has 0 aliphatic rings. The van der Waals surface area contributed by atoms with E-state index < -0.39 is 12.1 Å². The van der Waals surface area contributed by atoms with Gasteiger partial charge in [-0.05, 0) is 6.42 Å². The number of rotatable bonds is 24. The van der Waals surface area contributed by atoms with Gasteiger partial charge in [0.25, 0.3) is 0 Å². The van der Waals surface area contributed by atoms with Gasteiger partial charge in [0.05, 0.1) is 7.11 Å². The second-order valence-electron chi connectivity index (χ2n) is 9.25. The topological polar surface area (TPSA) is 46.5 Å². The zero-order chi connectivity index (χ0) is 22.1. The van der Waals surface area contributed by atoms with Gasteiger partial charge in [-0.1, -0.05) is 148 Å². The summed E-state index contributed by atoms with van der Waals surface area (Å²) in [5, 5.41) is 9.51. The highest BCUT2D eigenvalue weighted by molar-refractivity contribution is 5.74. The molecule has 0 amide bonds. The van der Waals surface area contributed by atoms with E-state index in [1.807, 2.05) is 0 Å². The maximum atomic E-state index is 11.1. The number of unbranched alkanes of at least 4 members (excludes halogenated alkanes) is 21. The van der Waals surface area contributed by atoms with Gasteiger partial charge in [-0.2, -0.15) is 0 Å². The van der Waals surface area contributed by atoms with Gasteiger partial charge in [-0.25, -0.2) is 4.79 Å². The van der Waals surface area contributed by atoms with E-state index in [2.05, 4.69) is 11.7 Å². The number of aliphatic hydroxyl groups is 1. The van der Waals surface area contributed by atoms with Crippen molar-refractivity contribution in [2.24, 2.45) is 0 Å². The molecule has 0 saturated carbocycles. The molecule has 3 nitrogen and oxygen atoms in total. The van der Waals surface area contributed by atoms with Gasteiger partial charge in [0.2, 0.25) is 0 Å². The van der Waals surface area contributed by atoms with Crippen LogP contribution in [0.15, 0.2) is 0 Å². The maximum absolute atomic E-state index is 11.1. The van der Waals surface area contributed by atoms with Crippen molar-refractivity contribution >= 4 is 5.97 Å². The first-order valence-corrected chi connectivity index (χ1v) is 13.5. The number of methoxy groups -OCH3 is 1. The molecule has 0 rings (SSSR count). The number of aliphatic hydroxyl groups excluding tert-OH is 1. The van der Waals surface area contributed by atoms with Crippen molar-refractivity contribution in [1.82, 2.24) is 0 Å². The minimum absolute atomic E-state index is 0.501. The van der Waals surface area contributed by atoms with Crippen molar-refractivity contribution in [3.63, 3.8) is 0 Å². The van der Waals surface area contributed by atoms with Crippen LogP contribution in [0.25, 0.3) is 0 Å². The van der Waals surface area contributed by atoms with E-state index in [0.29, 0.717) is 6.42 Å². The lowest BCUT2D eigenvalue weighted by Crippen LogP contribution is -2.21. The van der Waals surface area contributed by atoms with Gasteiger partial charge < -0.3 is 9.84 Å². The second-order valence-corrected chi connectivity index (χ2v) is 9.25. The molecule has 3 heteroatoms. The Kier molecular flexibility index (Phi) is 24.2. The molecule has 1 N–H and O–H groups in total. The molecule has 30 heavy (non-hydrogen) atoms. The minimum Gasteiger partial charge on any atom is -0.467 e. The van der Waals surface area contributed by atoms with Crippen molar-refractivity contribution in [2.75, 3.05) is 7.11 Å². The quantitative estimate of drug-likeness (QED) is 0.124. The van der Waals surface area contributed by atoms with Gasteiger partial charge >= 0.3 is 5.97 Å². The van der Waals surface area contributed by atoms with E-state index in [-0.39, 0.29) is 0 Å². The second kappa shape index (κ2) is 24.7. The molecule has 180 valence electrons. The average Bonchev–Trinajstić information content (AvgIpc) is 2.76. The smallest absolute Gasteiger partial charge is 0.334 e. The van der Waals surface area contributed by atoms with Crippen LogP contribution < -0.4 is 0 Å². The lowest BCUT2D eigenvalue weighted by atomic mass is 10.0. The Morgan fingerprint density at radius 2 is 0.833 bits per heavy atom. The van der Waals surface area contributed by atoms with E-state index in [1.165, 1.54) is 136 Å². The highest BCUT2D eigenvalue weighted by Crippen LogP contribution is 2.15. The predicted octanol–water partition coefficient (Wildman–Crippen LogP) is 8.51. The molecule has 0 aromatic heterocycles. The number of carbonyl (C=O) groups excluding carboxylic acids is 1. The Morgan fingerprint density at radius 1 is 0.567 bits per heavy atom. The van der Waals surface area contributed by atoms with Gasteiger partial charge in [-0.3, -0.25) is 0 Å². The monoisotopic (exact) mass is 426 g/mol. The third-order valence-electron chi connectivity index (χ3n) is 6.30. The Morgan fingerprint density at radius 3 is 1.10 bits per heavy atom. The van der Waals surface area contributed by atoms with E-state index in [0.717, 1.165) is 12.8 Å². The normalized spacial score (nSPS) is 12.2. The van der Waals surface area contributed by atoms with Crippen LogP contribution in [-0.4, -0.2) is 24.3 Å². The molecule has 0 saturated heterocycles. The van der Waals surface area contributed by atoms with Crippen LogP contribution in [0.3, 0.4) is 0 Å². The van der Waals surface area contributed by atoms with Crippen molar-refractivity contribution in [3.8, 4) is 0 Å². The van der Waals surface area contributed by atoms with Crippen LogP contribution in [0.1, 0.15) is 155 Å². The van der Waals surface area contributed by atoms with Crippen LogP contribution in [0.5, 0.6) is 0 Å². The fraction of sp³-hybridized carbons (Fsp3) is 0.963. The Bertz CT molecular complexity index is 343. The molecular weight excluding hydrogens is 372 g/mol. The third-order valence-corrected chi connectivity index (χ3v) is 6.30. The van der Waals surface area contributed by atoms with E-state index >= 15 is 0 Å². The molecule has 0 unspecified atom stereocenters. The molecule has 1 atom stereocenters. The van der Waals surface area contributed by atoms with Crippen LogP contribution in [0, 0.1) is 0 Å². The molecule has 0 fully saturated rings. The molecular formula is C27H54O3. The molecule has 0 spiro atoms. The number of ether oxygens (including phenoxy) is 1. The fourth-order valence-corrected chi connectivity index (χ4v) is 4.20. The van der Waals surface area contributed by atoms with Gasteiger partial charge in [0, 0.05) is 0 Å². The Labute approximate surface area is 188 Å². The number of carbonyl (C=O) groups is 1. The van der Waals surface area contributed by atoms with Crippen molar-refractivity contribution in [2.45, 2.75) is 161 Å². The maximum Gasteiger partial charge on any atom is 0.334 e. The summed E-state index contributed by atoms with van der Waals surface area (Å²) >= 11 is 0. The molecule has 0 radical (unpaired) electrons. The Balaban J connectivity index is 3.07. The van der Waals surface area contributed by atoms with Crippen molar-refractivity contribution in [1.29, 1.82) is 0 Å². The summed E-state index contributed by atoms with van der Waals surface area (Å²) in [6.07, 6.45) is 29.8. The highest BCUT2D eigenvalue weighted by Gasteiger charge is 2.13. The lowest BCUT2D eigenvalue weighted by Gasteiger charge is -2.07. The van der Waals surface area contributed by atoms with Crippen molar-refractivity contribution in [3.05, 3.63) is 0 Å². The van der Waals surface area contributed by atoms with Crippen LogP contribution in [0.2, 0.25) is 0 Å². The zero-order valence-corrected chi connectivity index (χ0v) is 20.6. The van der Waals surface area contributed by atoms with Gasteiger partial charge in [0.15, 0.2) is 6.10 Å². The SMILES string of the molecule is CCCCCCCCCCCCCCCCCCCCCCCC[C@H](O)C(=O)OC. The first-order chi connectivity index (χ1) is 14.7. The van der Waals surface area contributed by atoms with Crippen LogP contribution in [0.4, 0.5) is 0 Å². The molecule has 0 bridgehead atoms. The highest BCUT2D eigenvalue weighted by atomic mass is 16.5. The number of esters is 1. The Hall–Kier alpha value is -0.570. The molecule has 0 aromatic carbocycles. The van der Waals surface area contributed by atoms with E-state index in [9.17, 15) is 9.90 Å². The van der Waals surface area contributed by atoms with Gasteiger partial charge in [0.1, 0.15) is 0 Å². The summed E-state index contributed by atoms with van der Waals surface area (Å²) in [5.74, 6) is -0.501. The average molecular weight is 427 g/mol. The summed E-state index contributed by atoms with van der Waals surface area (Å²) < 4.78 is 4.52. The molecule has 0 heterocycles. The van der Waals surface area contributed by atoms with E-state index in [4.69, 9.17) is 0 Å². The third kappa shape index (κ3) is 22.1. The fourth-order valence-electron chi connectivity index (χ4n) is 4.20. The first kappa shape index (κ1) is 29.4. The number of hydrogen-bond acceptors (Lipinski definition) is 3. The minimum atomic E-state index is -0.930. The molecule has 0 aliphatic carbocycles. The first-order valence-electron chi connectivity index (χ1n) is 13.5. The van der Waals surface area contributed by atoms with E-state index in [1.54, 1.807) is 0 Å². The summed E-state index contributed by atoms with van der Waals surface area (Å²) in [7, 11) is 1.32. The zero-order valence-electron chi connectivity index (χ0n) is 20.6. The van der Waals surface area contributed by atoms with Crippen LogP contribution in [-0.2, 0) is 9.53 Å². The predicted molar refractivity (Wildman–Crippen MR) is 130 cm³/mol. The molecule has 0 aromatic rings. The summed E-state index contributed by atoms with van der Waals surface area (Å²) in [4.78, 5) is 11.1. The summed E-state index contributed by atoms with van der Waals surface area (Å²) in [6, 6.07) is 0. The molecule has 0 aliphatic heterocycles. The van der Waals surface area contributed by atoms with Gasteiger partial charge in [-0.15, -0.1) is 0 Å². The standard InChI is InChI=1S/C27H54O3/c1-3-4-5-6-7-8-9-10-11-12-13-14-15-16-17-18-19-20-21-22-23-24-25-26(28)27(29)30-2/h26,28H,3-25H2,1-2H3/t26-/m0/s1. The summed E-state index contributed by atoms with van der Waals surface area (Å²) in [5.41, 5.74) is 0.